The maximum Gasteiger partial charge on any atom is 0.140 e. The minimum absolute atomic E-state index is 0.0877. The lowest BCUT2D eigenvalue weighted by molar-refractivity contribution is -0.121. The predicted molar refractivity (Wildman–Crippen MR) is 69.2 cm³/mol. The number of hydrogen-bond donors (Lipinski definition) is 1. The number of ketones is 1. The van der Waals surface area contributed by atoms with Gasteiger partial charge in [-0.3, -0.25) is 4.79 Å². The maximum atomic E-state index is 11.9. The van der Waals surface area contributed by atoms with Crippen LogP contribution in [0.1, 0.15) is 25.3 Å². The molecule has 0 aliphatic heterocycles. The summed E-state index contributed by atoms with van der Waals surface area (Å²) in [6, 6.07) is 7.65. The first-order chi connectivity index (χ1) is 8.17. The van der Waals surface area contributed by atoms with E-state index in [-0.39, 0.29) is 11.7 Å². The Kier molecular flexibility index (Phi) is 5.70. The molecule has 0 saturated carbocycles. The maximum absolute atomic E-state index is 11.9. The van der Waals surface area contributed by atoms with Crippen molar-refractivity contribution in [3.63, 3.8) is 0 Å². The van der Waals surface area contributed by atoms with Gasteiger partial charge >= 0.3 is 0 Å². The van der Waals surface area contributed by atoms with Gasteiger partial charge in [0.25, 0.3) is 0 Å². The highest BCUT2D eigenvalue weighted by atomic mass is 16.5. The molecule has 1 rings (SSSR count). The molecule has 0 bridgehead atoms. The van der Waals surface area contributed by atoms with E-state index in [1.54, 1.807) is 7.11 Å². The topological polar surface area (TPSA) is 52.3 Å². The number of carbonyl (C=O) groups excluding carboxylic acids is 1. The molecule has 94 valence electrons. The fourth-order valence-electron chi connectivity index (χ4n) is 1.74. The molecule has 0 saturated heterocycles. The van der Waals surface area contributed by atoms with Crippen LogP contribution in [0.15, 0.2) is 24.3 Å². The fraction of sp³-hybridized carbons (Fsp3) is 0.500. The van der Waals surface area contributed by atoms with Gasteiger partial charge in [-0.25, -0.2) is 0 Å². The summed E-state index contributed by atoms with van der Waals surface area (Å²) >= 11 is 0. The highest BCUT2D eigenvalue weighted by molar-refractivity contribution is 5.83. The first-order valence-electron chi connectivity index (χ1n) is 6.03. The van der Waals surface area contributed by atoms with Crippen molar-refractivity contribution in [2.24, 2.45) is 11.7 Å². The van der Waals surface area contributed by atoms with Crippen molar-refractivity contribution in [3.8, 4) is 5.75 Å². The van der Waals surface area contributed by atoms with Crippen LogP contribution < -0.4 is 10.5 Å². The number of ether oxygens (including phenoxy) is 1. The van der Waals surface area contributed by atoms with Crippen LogP contribution in [0.5, 0.6) is 5.75 Å². The fourth-order valence-corrected chi connectivity index (χ4v) is 1.74. The van der Waals surface area contributed by atoms with Gasteiger partial charge in [0.05, 0.1) is 7.11 Å². The summed E-state index contributed by atoms with van der Waals surface area (Å²) in [7, 11) is 1.63. The molecule has 0 radical (unpaired) electrons. The molecule has 1 aromatic rings. The molecule has 0 aliphatic carbocycles. The first-order valence-corrected chi connectivity index (χ1v) is 6.03. The number of Topliss-reactive ketones (excluding diaryl/α,β-unsaturated/α-hetero) is 1. The van der Waals surface area contributed by atoms with Crippen molar-refractivity contribution in [3.05, 3.63) is 29.8 Å². The summed E-state index contributed by atoms with van der Waals surface area (Å²) in [6.45, 7) is 2.62. The van der Waals surface area contributed by atoms with Crippen LogP contribution in [0, 0.1) is 5.92 Å². The van der Waals surface area contributed by atoms with Gasteiger partial charge in [0.2, 0.25) is 0 Å². The second-order valence-electron chi connectivity index (χ2n) is 4.33. The standard InChI is InChI=1S/C14H21NO2/c1-11(5-4-8-15)14(16)10-12-6-3-7-13(9-12)17-2/h3,6-7,9,11H,4-5,8,10,15H2,1-2H3. The molecule has 1 unspecified atom stereocenters. The summed E-state index contributed by atoms with van der Waals surface area (Å²) in [4.78, 5) is 11.9. The number of hydrogen-bond acceptors (Lipinski definition) is 3. The smallest absolute Gasteiger partial charge is 0.140 e. The van der Waals surface area contributed by atoms with E-state index >= 15 is 0 Å². The Morgan fingerprint density at radius 2 is 2.24 bits per heavy atom. The molecule has 17 heavy (non-hydrogen) atoms. The second kappa shape index (κ2) is 7.07. The van der Waals surface area contributed by atoms with Crippen molar-refractivity contribution in [1.82, 2.24) is 0 Å². The summed E-state index contributed by atoms with van der Waals surface area (Å²) in [5, 5.41) is 0. The molecule has 3 heteroatoms. The SMILES string of the molecule is COc1cccc(CC(=O)C(C)CCCN)c1. The molecule has 1 aromatic carbocycles. The molecule has 0 fully saturated rings. The van der Waals surface area contributed by atoms with Crippen LogP contribution in [0.4, 0.5) is 0 Å². The Bertz CT molecular complexity index is 363. The lowest BCUT2D eigenvalue weighted by Crippen LogP contribution is -2.15. The molecule has 0 heterocycles. The van der Waals surface area contributed by atoms with Crippen LogP contribution in [-0.4, -0.2) is 19.4 Å². The van der Waals surface area contributed by atoms with E-state index in [1.165, 1.54) is 0 Å². The number of carbonyl (C=O) groups is 1. The van der Waals surface area contributed by atoms with Crippen LogP contribution in [0.2, 0.25) is 0 Å². The van der Waals surface area contributed by atoms with E-state index < -0.39 is 0 Å². The van der Waals surface area contributed by atoms with Crippen LogP contribution >= 0.6 is 0 Å². The van der Waals surface area contributed by atoms with Crippen molar-refractivity contribution < 1.29 is 9.53 Å². The average molecular weight is 235 g/mol. The number of nitrogens with two attached hydrogens (primary N) is 1. The third kappa shape index (κ3) is 4.57. The first kappa shape index (κ1) is 13.7. The molecule has 0 spiro atoms. The second-order valence-corrected chi connectivity index (χ2v) is 4.33. The van der Waals surface area contributed by atoms with Crippen molar-refractivity contribution in [2.45, 2.75) is 26.2 Å². The molecular formula is C14H21NO2. The molecule has 0 aliphatic rings. The van der Waals surface area contributed by atoms with E-state index in [0.717, 1.165) is 24.2 Å². The highest BCUT2D eigenvalue weighted by Gasteiger charge is 2.13. The van der Waals surface area contributed by atoms with Gasteiger partial charge in [-0.05, 0) is 37.1 Å². The van der Waals surface area contributed by atoms with E-state index in [1.807, 2.05) is 31.2 Å². The minimum Gasteiger partial charge on any atom is -0.497 e. The molecule has 0 amide bonds. The number of methoxy groups -OCH3 is 1. The lowest BCUT2D eigenvalue weighted by atomic mass is 9.95. The number of benzene rings is 1. The number of rotatable bonds is 7. The van der Waals surface area contributed by atoms with Gasteiger partial charge in [0, 0.05) is 12.3 Å². The monoisotopic (exact) mass is 235 g/mol. The average Bonchev–Trinajstić information content (AvgIpc) is 2.36. The normalized spacial score (nSPS) is 12.2. The van der Waals surface area contributed by atoms with Crippen molar-refractivity contribution >= 4 is 5.78 Å². The zero-order valence-electron chi connectivity index (χ0n) is 10.6. The Morgan fingerprint density at radius 3 is 2.88 bits per heavy atom. The Balaban J connectivity index is 2.54. The quantitative estimate of drug-likeness (QED) is 0.788. The van der Waals surface area contributed by atoms with Crippen LogP contribution in [-0.2, 0) is 11.2 Å². The zero-order chi connectivity index (χ0) is 12.7. The van der Waals surface area contributed by atoms with Crippen molar-refractivity contribution in [2.75, 3.05) is 13.7 Å². The molecule has 3 nitrogen and oxygen atoms in total. The van der Waals surface area contributed by atoms with Gasteiger partial charge in [-0.1, -0.05) is 19.1 Å². The van der Waals surface area contributed by atoms with Gasteiger partial charge in [0.15, 0.2) is 0 Å². The third-order valence-corrected chi connectivity index (χ3v) is 2.90. The van der Waals surface area contributed by atoms with E-state index in [9.17, 15) is 4.79 Å². The lowest BCUT2D eigenvalue weighted by Gasteiger charge is -2.10. The van der Waals surface area contributed by atoms with Gasteiger partial charge in [-0.2, -0.15) is 0 Å². The highest BCUT2D eigenvalue weighted by Crippen LogP contribution is 2.16. The zero-order valence-corrected chi connectivity index (χ0v) is 10.6. The summed E-state index contributed by atoms with van der Waals surface area (Å²) in [6.07, 6.45) is 2.26. The molecule has 1 atom stereocenters. The molecular weight excluding hydrogens is 214 g/mol. The largest absolute Gasteiger partial charge is 0.497 e. The summed E-state index contributed by atoms with van der Waals surface area (Å²) in [5.41, 5.74) is 6.45. The Hall–Kier alpha value is -1.35. The molecule has 2 N–H and O–H groups in total. The van der Waals surface area contributed by atoms with Crippen LogP contribution in [0.25, 0.3) is 0 Å². The Labute approximate surface area is 103 Å². The van der Waals surface area contributed by atoms with Gasteiger partial charge in [0.1, 0.15) is 11.5 Å². The minimum atomic E-state index is 0.0877. The van der Waals surface area contributed by atoms with Gasteiger partial charge < -0.3 is 10.5 Å². The molecule has 0 aromatic heterocycles. The summed E-state index contributed by atoms with van der Waals surface area (Å²) in [5.74, 6) is 1.15. The predicted octanol–water partition coefficient (Wildman–Crippen LogP) is 2.18. The third-order valence-electron chi connectivity index (χ3n) is 2.90. The van der Waals surface area contributed by atoms with E-state index in [2.05, 4.69) is 0 Å². The van der Waals surface area contributed by atoms with Crippen molar-refractivity contribution in [1.29, 1.82) is 0 Å². The Morgan fingerprint density at radius 1 is 1.47 bits per heavy atom. The van der Waals surface area contributed by atoms with Gasteiger partial charge in [-0.15, -0.1) is 0 Å². The van der Waals surface area contributed by atoms with Crippen LogP contribution in [0.3, 0.4) is 0 Å². The van der Waals surface area contributed by atoms with E-state index in [0.29, 0.717) is 13.0 Å². The summed E-state index contributed by atoms with van der Waals surface area (Å²) < 4.78 is 5.13. The van der Waals surface area contributed by atoms with E-state index in [4.69, 9.17) is 10.5 Å².